The summed E-state index contributed by atoms with van der Waals surface area (Å²) in [6, 6.07) is -0.596. The van der Waals surface area contributed by atoms with E-state index in [2.05, 4.69) is 16.0 Å². The van der Waals surface area contributed by atoms with Crippen molar-refractivity contribution >= 4 is 17.7 Å². The van der Waals surface area contributed by atoms with Crippen LogP contribution >= 0.6 is 0 Å². The van der Waals surface area contributed by atoms with Gasteiger partial charge in [0, 0.05) is 13.0 Å². The lowest BCUT2D eigenvalue weighted by Gasteiger charge is -2.16. The highest BCUT2D eigenvalue weighted by Gasteiger charge is 2.18. The number of nitrogens with two attached hydrogens (primary N) is 1. The number of hydrogen-bond donors (Lipinski definition) is 4. The van der Waals surface area contributed by atoms with Gasteiger partial charge in [-0.3, -0.25) is 14.4 Å². The monoisotopic (exact) mass is 300 g/mol. The summed E-state index contributed by atoms with van der Waals surface area (Å²) in [5.74, 6) is -0.722. The average molecular weight is 300 g/mol. The maximum atomic E-state index is 11.9. The van der Waals surface area contributed by atoms with Gasteiger partial charge in [-0.2, -0.15) is 0 Å². The first kappa shape index (κ1) is 19.4. The van der Waals surface area contributed by atoms with Crippen LogP contribution in [0.15, 0.2) is 0 Å². The second-order valence-corrected chi connectivity index (χ2v) is 4.80. The van der Waals surface area contributed by atoms with Crippen molar-refractivity contribution in [3.63, 3.8) is 0 Å². The maximum absolute atomic E-state index is 11.9. The number of amides is 3. The Morgan fingerprint density at radius 1 is 1.00 bits per heavy atom. The number of rotatable bonds is 11. The number of carbonyl (C=O) groups is 3. The van der Waals surface area contributed by atoms with Crippen molar-refractivity contribution in [1.82, 2.24) is 16.0 Å². The molecule has 0 aliphatic carbocycles. The van der Waals surface area contributed by atoms with E-state index in [1.54, 1.807) is 6.92 Å². The summed E-state index contributed by atoms with van der Waals surface area (Å²) in [4.78, 5) is 34.9. The van der Waals surface area contributed by atoms with Crippen LogP contribution in [0.4, 0.5) is 0 Å². The van der Waals surface area contributed by atoms with E-state index in [-0.39, 0.29) is 24.3 Å². The van der Waals surface area contributed by atoms with Crippen LogP contribution in [0.3, 0.4) is 0 Å². The molecule has 1 atom stereocenters. The fourth-order valence-corrected chi connectivity index (χ4v) is 1.78. The van der Waals surface area contributed by atoms with E-state index in [0.29, 0.717) is 25.9 Å². The van der Waals surface area contributed by atoms with Gasteiger partial charge >= 0.3 is 0 Å². The Morgan fingerprint density at radius 3 is 2.29 bits per heavy atom. The van der Waals surface area contributed by atoms with Gasteiger partial charge in [0.2, 0.25) is 17.7 Å². The molecule has 0 heterocycles. The van der Waals surface area contributed by atoms with Gasteiger partial charge in [0.25, 0.3) is 0 Å². The third-order valence-corrected chi connectivity index (χ3v) is 2.97. The second kappa shape index (κ2) is 12.1. The summed E-state index contributed by atoms with van der Waals surface area (Å²) in [6.07, 6.45) is 3.44. The largest absolute Gasteiger partial charge is 0.355 e. The molecule has 0 saturated heterocycles. The minimum Gasteiger partial charge on any atom is -0.355 e. The van der Waals surface area contributed by atoms with Gasteiger partial charge in [-0.05, 0) is 32.7 Å². The first-order valence-corrected chi connectivity index (χ1v) is 7.58. The summed E-state index contributed by atoms with van der Waals surface area (Å²) in [6.45, 7) is 4.69. The molecule has 0 spiro atoms. The fourth-order valence-electron chi connectivity index (χ4n) is 1.78. The lowest BCUT2D eigenvalue weighted by molar-refractivity contribution is -0.130. The molecule has 0 bridgehead atoms. The summed E-state index contributed by atoms with van der Waals surface area (Å²) in [7, 11) is 0. The highest BCUT2D eigenvalue weighted by Crippen LogP contribution is 2.00. The number of hydrogen-bond acceptors (Lipinski definition) is 4. The van der Waals surface area contributed by atoms with Gasteiger partial charge in [-0.1, -0.05) is 13.3 Å². The number of likely N-dealkylation sites (N-methyl/N-ethyl adjacent to an activating group) is 1. The highest BCUT2D eigenvalue weighted by molar-refractivity contribution is 5.90. The molecule has 0 aliphatic heterocycles. The molecule has 7 heteroatoms. The normalized spacial score (nSPS) is 11.6. The zero-order valence-electron chi connectivity index (χ0n) is 13.0. The van der Waals surface area contributed by atoms with Crippen LogP contribution in [0.2, 0.25) is 0 Å². The van der Waals surface area contributed by atoms with Crippen molar-refractivity contribution in [2.24, 2.45) is 5.73 Å². The van der Waals surface area contributed by atoms with Crippen molar-refractivity contribution < 1.29 is 14.4 Å². The molecule has 21 heavy (non-hydrogen) atoms. The number of nitrogens with one attached hydrogen (secondary N) is 3. The predicted octanol–water partition coefficient (Wildman–Crippen LogP) is -0.347. The first-order chi connectivity index (χ1) is 10.0. The SMILES string of the molecule is CCNC(=O)CNC(=O)[C@H](CC)NC(=O)CCCCCN. The topological polar surface area (TPSA) is 113 Å². The van der Waals surface area contributed by atoms with E-state index in [9.17, 15) is 14.4 Å². The van der Waals surface area contributed by atoms with E-state index >= 15 is 0 Å². The van der Waals surface area contributed by atoms with Crippen molar-refractivity contribution in [3.05, 3.63) is 0 Å². The van der Waals surface area contributed by atoms with Gasteiger partial charge in [0.05, 0.1) is 6.54 Å². The fraction of sp³-hybridized carbons (Fsp3) is 0.786. The van der Waals surface area contributed by atoms with Gasteiger partial charge < -0.3 is 21.7 Å². The molecular weight excluding hydrogens is 272 g/mol. The lowest BCUT2D eigenvalue weighted by atomic mass is 10.1. The molecular formula is C14H28N4O3. The molecule has 0 aliphatic rings. The molecule has 0 rings (SSSR count). The molecule has 0 unspecified atom stereocenters. The third-order valence-electron chi connectivity index (χ3n) is 2.97. The Bertz CT molecular complexity index is 334. The van der Waals surface area contributed by atoms with Crippen LogP contribution in [0.1, 0.15) is 46.0 Å². The Hall–Kier alpha value is -1.63. The van der Waals surface area contributed by atoms with Crippen LogP contribution in [0.25, 0.3) is 0 Å². The van der Waals surface area contributed by atoms with Crippen LogP contribution in [0, 0.1) is 0 Å². The first-order valence-electron chi connectivity index (χ1n) is 7.58. The Balaban J connectivity index is 4.03. The summed E-state index contributed by atoms with van der Waals surface area (Å²) in [5.41, 5.74) is 5.38. The van der Waals surface area contributed by atoms with Crippen LogP contribution in [-0.2, 0) is 14.4 Å². The van der Waals surface area contributed by atoms with E-state index in [0.717, 1.165) is 19.3 Å². The summed E-state index contributed by atoms with van der Waals surface area (Å²) in [5, 5.41) is 7.79. The van der Waals surface area contributed by atoms with E-state index < -0.39 is 6.04 Å². The Labute approximate surface area is 126 Å². The van der Waals surface area contributed by atoms with Crippen LogP contribution in [0.5, 0.6) is 0 Å². The van der Waals surface area contributed by atoms with E-state index in [1.165, 1.54) is 0 Å². The minimum absolute atomic E-state index is 0.0739. The number of unbranched alkanes of at least 4 members (excludes halogenated alkanes) is 2. The number of carbonyl (C=O) groups excluding carboxylic acids is 3. The molecule has 0 aromatic rings. The molecule has 0 radical (unpaired) electrons. The molecule has 0 saturated carbocycles. The van der Waals surface area contributed by atoms with Crippen molar-refractivity contribution in [1.29, 1.82) is 0 Å². The van der Waals surface area contributed by atoms with E-state index in [4.69, 9.17) is 5.73 Å². The zero-order chi connectivity index (χ0) is 16.1. The summed E-state index contributed by atoms with van der Waals surface area (Å²) >= 11 is 0. The minimum atomic E-state index is -0.596. The maximum Gasteiger partial charge on any atom is 0.243 e. The molecule has 0 fully saturated rings. The van der Waals surface area contributed by atoms with Crippen molar-refractivity contribution in [2.75, 3.05) is 19.6 Å². The second-order valence-electron chi connectivity index (χ2n) is 4.80. The zero-order valence-corrected chi connectivity index (χ0v) is 13.0. The smallest absolute Gasteiger partial charge is 0.243 e. The highest BCUT2D eigenvalue weighted by atomic mass is 16.2. The molecule has 0 aromatic heterocycles. The quantitative estimate of drug-likeness (QED) is 0.391. The van der Waals surface area contributed by atoms with Gasteiger partial charge in [-0.25, -0.2) is 0 Å². The molecule has 3 amide bonds. The Morgan fingerprint density at radius 2 is 1.71 bits per heavy atom. The van der Waals surface area contributed by atoms with Crippen molar-refractivity contribution in [2.45, 2.75) is 52.0 Å². The van der Waals surface area contributed by atoms with Crippen LogP contribution in [-0.4, -0.2) is 43.4 Å². The Kier molecular flexibility index (Phi) is 11.2. The molecule has 7 nitrogen and oxygen atoms in total. The van der Waals surface area contributed by atoms with Crippen LogP contribution < -0.4 is 21.7 Å². The van der Waals surface area contributed by atoms with Gasteiger partial charge in [-0.15, -0.1) is 0 Å². The third kappa shape index (κ3) is 9.84. The predicted molar refractivity (Wildman–Crippen MR) is 81.4 cm³/mol. The standard InChI is InChI=1S/C14H28N4O3/c1-3-11(14(21)17-10-13(20)16-4-2)18-12(19)8-6-5-7-9-15/h11H,3-10,15H2,1-2H3,(H,16,20)(H,17,21)(H,18,19)/t11-/m0/s1. The van der Waals surface area contributed by atoms with Gasteiger partial charge in [0.1, 0.15) is 6.04 Å². The molecule has 0 aromatic carbocycles. The lowest BCUT2D eigenvalue weighted by Crippen LogP contribution is -2.48. The average Bonchev–Trinajstić information content (AvgIpc) is 2.47. The molecule has 5 N–H and O–H groups in total. The van der Waals surface area contributed by atoms with Crippen molar-refractivity contribution in [3.8, 4) is 0 Å². The van der Waals surface area contributed by atoms with E-state index in [1.807, 2.05) is 6.92 Å². The molecule has 122 valence electrons. The summed E-state index contributed by atoms with van der Waals surface area (Å²) < 4.78 is 0. The van der Waals surface area contributed by atoms with Gasteiger partial charge in [0.15, 0.2) is 0 Å².